The van der Waals surface area contributed by atoms with Crippen molar-refractivity contribution in [3.8, 4) is 0 Å². The lowest BCUT2D eigenvalue weighted by atomic mass is 10.2. The van der Waals surface area contributed by atoms with Crippen molar-refractivity contribution < 1.29 is 4.79 Å². The monoisotopic (exact) mass is 270 g/mol. The summed E-state index contributed by atoms with van der Waals surface area (Å²) in [6, 6.07) is 8.49. The molecule has 1 aromatic heterocycles. The van der Waals surface area contributed by atoms with Gasteiger partial charge in [0.25, 0.3) is 5.91 Å². The van der Waals surface area contributed by atoms with Crippen LogP contribution in [0.25, 0.3) is 10.9 Å². The number of aromatic nitrogens is 2. The molecule has 0 atom stereocenters. The number of carbonyl (C=O) groups is 1. The largest absolute Gasteiger partial charge is 0.363 e. The maximum Gasteiger partial charge on any atom is 0.286 e. The summed E-state index contributed by atoms with van der Waals surface area (Å²) < 4.78 is 0. The minimum Gasteiger partial charge on any atom is -0.363 e. The third-order valence-corrected chi connectivity index (χ3v) is 3.54. The molecule has 103 valence electrons. The molecule has 3 rings (SSSR count). The van der Waals surface area contributed by atoms with Gasteiger partial charge in [-0.25, -0.2) is 9.97 Å². The van der Waals surface area contributed by atoms with Crippen molar-refractivity contribution in [2.24, 2.45) is 5.73 Å². The maximum absolute atomic E-state index is 11.4. The Hall–Kier alpha value is -2.21. The van der Waals surface area contributed by atoms with Crippen molar-refractivity contribution in [3.63, 3.8) is 0 Å². The number of nitrogens with two attached hydrogens (primary N) is 1. The molecule has 1 radical (unpaired) electrons. The zero-order chi connectivity index (χ0) is 14.1. The van der Waals surface area contributed by atoms with Gasteiger partial charge < -0.3 is 15.5 Å². The summed E-state index contributed by atoms with van der Waals surface area (Å²) in [7, 11) is 2.10. The molecule has 1 aliphatic rings. The van der Waals surface area contributed by atoms with Crippen LogP contribution < -0.4 is 10.6 Å². The van der Waals surface area contributed by atoms with Crippen LogP contribution in [0.2, 0.25) is 0 Å². The van der Waals surface area contributed by atoms with Crippen molar-refractivity contribution in [2.45, 2.75) is 0 Å². The Kier molecular flexibility index (Phi) is 3.23. The number of benzene rings is 1. The predicted molar refractivity (Wildman–Crippen MR) is 76.6 cm³/mol. The first-order chi connectivity index (χ1) is 9.65. The summed E-state index contributed by atoms with van der Waals surface area (Å²) in [4.78, 5) is 24.4. The maximum atomic E-state index is 11.4. The molecule has 0 spiro atoms. The third kappa shape index (κ3) is 2.30. The lowest BCUT2D eigenvalue weighted by Gasteiger charge is -2.33. The topological polar surface area (TPSA) is 75.3 Å². The highest BCUT2D eigenvalue weighted by atomic mass is 16.1. The molecule has 2 heterocycles. The summed E-state index contributed by atoms with van der Waals surface area (Å²) >= 11 is 0. The zero-order valence-electron chi connectivity index (χ0n) is 11.3. The molecule has 1 aliphatic heterocycles. The average molecular weight is 270 g/mol. The first kappa shape index (κ1) is 12.8. The Morgan fingerprint density at radius 2 is 2.05 bits per heavy atom. The molecule has 2 aromatic rings. The van der Waals surface area contributed by atoms with E-state index < -0.39 is 5.91 Å². The lowest BCUT2D eigenvalue weighted by Crippen LogP contribution is -2.45. The first-order valence-electron chi connectivity index (χ1n) is 6.56. The van der Waals surface area contributed by atoms with Crippen LogP contribution in [-0.4, -0.2) is 54.0 Å². The number of rotatable bonds is 2. The van der Waals surface area contributed by atoms with E-state index in [0.29, 0.717) is 0 Å². The number of carbonyl (C=O) groups excluding carboxylic acids is 1. The van der Waals surface area contributed by atoms with Crippen LogP contribution in [0.1, 0.15) is 10.6 Å². The molecule has 1 saturated heterocycles. The second-order valence-electron chi connectivity index (χ2n) is 4.97. The SMILES string of the molecule is CN1CCN(c2nc(C(N)=O)nc3cc[c]cc23)CC1. The lowest BCUT2D eigenvalue weighted by molar-refractivity contribution is 0.0991. The molecule has 6 nitrogen and oxygen atoms in total. The second-order valence-corrected chi connectivity index (χ2v) is 4.97. The van der Waals surface area contributed by atoms with Gasteiger partial charge in [-0.3, -0.25) is 4.79 Å². The van der Waals surface area contributed by atoms with Gasteiger partial charge in [0.15, 0.2) is 0 Å². The van der Waals surface area contributed by atoms with Crippen LogP contribution in [-0.2, 0) is 0 Å². The van der Waals surface area contributed by atoms with Gasteiger partial charge in [0.05, 0.1) is 5.52 Å². The van der Waals surface area contributed by atoms with E-state index in [-0.39, 0.29) is 5.82 Å². The molecule has 0 aliphatic carbocycles. The van der Waals surface area contributed by atoms with E-state index in [1.807, 2.05) is 12.1 Å². The van der Waals surface area contributed by atoms with Gasteiger partial charge in [0, 0.05) is 31.6 Å². The zero-order valence-corrected chi connectivity index (χ0v) is 11.3. The van der Waals surface area contributed by atoms with E-state index in [4.69, 9.17) is 5.73 Å². The number of hydrogen-bond acceptors (Lipinski definition) is 5. The van der Waals surface area contributed by atoms with Gasteiger partial charge in [0.2, 0.25) is 5.82 Å². The molecule has 2 N–H and O–H groups in total. The summed E-state index contributed by atoms with van der Waals surface area (Å²) in [5, 5.41) is 0.905. The number of likely N-dealkylation sites (N-methyl/N-ethyl adjacent to an activating group) is 1. The van der Waals surface area contributed by atoms with Gasteiger partial charge in [-0.1, -0.05) is 6.07 Å². The predicted octanol–water partition coefficient (Wildman–Crippen LogP) is 0.281. The highest BCUT2D eigenvalue weighted by Crippen LogP contribution is 2.24. The number of fused-ring (bicyclic) bond motifs is 1. The van der Waals surface area contributed by atoms with E-state index >= 15 is 0 Å². The standard InChI is InChI=1S/C14H16N5O/c1-18-6-8-19(9-7-18)14-10-4-2-3-5-11(10)16-13(17-14)12(15)20/h3-5H,6-9H2,1H3,(H2,15,20). The quantitative estimate of drug-likeness (QED) is 0.848. The van der Waals surface area contributed by atoms with Gasteiger partial charge >= 0.3 is 0 Å². The minimum atomic E-state index is -0.602. The van der Waals surface area contributed by atoms with Crippen molar-refractivity contribution in [2.75, 3.05) is 38.1 Å². The Morgan fingerprint density at radius 1 is 1.30 bits per heavy atom. The van der Waals surface area contributed by atoms with Crippen molar-refractivity contribution >= 4 is 22.6 Å². The van der Waals surface area contributed by atoms with Crippen LogP contribution in [0, 0.1) is 6.07 Å². The molecular weight excluding hydrogens is 254 g/mol. The number of nitrogens with zero attached hydrogens (tertiary/aromatic N) is 4. The minimum absolute atomic E-state index is 0.0672. The van der Waals surface area contributed by atoms with E-state index in [9.17, 15) is 4.79 Å². The number of hydrogen-bond donors (Lipinski definition) is 1. The summed E-state index contributed by atoms with van der Waals surface area (Å²) in [5.74, 6) is 0.237. The van der Waals surface area contributed by atoms with Crippen molar-refractivity contribution in [1.29, 1.82) is 0 Å². The van der Waals surface area contributed by atoms with Crippen LogP contribution in [0.5, 0.6) is 0 Å². The number of piperazine rings is 1. The first-order valence-corrected chi connectivity index (χ1v) is 6.56. The second kappa shape index (κ2) is 5.05. The molecule has 0 unspecified atom stereocenters. The Morgan fingerprint density at radius 3 is 2.75 bits per heavy atom. The van der Waals surface area contributed by atoms with Crippen molar-refractivity contribution in [1.82, 2.24) is 14.9 Å². The molecule has 1 amide bonds. The fraction of sp³-hybridized carbons (Fsp3) is 0.357. The van der Waals surface area contributed by atoms with Gasteiger partial charge in [-0.15, -0.1) is 0 Å². The van der Waals surface area contributed by atoms with Crippen LogP contribution in [0.4, 0.5) is 5.82 Å². The number of anilines is 1. The number of primary amides is 1. The van der Waals surface area contributed by atoms with E-state index in [2.05, 4.69) is 32.9 Å². The van der Waals surface area contributed by atoms with Crippen LogP contribution in [0.15, 0.2) is 18.2 Å². The third-order valence-electron chi connectivity index (χ3n) is 3.54. The fourth-order valence-electron chi connectivity index (χ4n) is 2.37. The van der Waals surface area contributed by atoms with Gasteiger partial charge in [0.1, 0.15) is 5.82 Å². The molecule has 1 aromatic carbocycles. The summed E-state index contributed by atoms with van der Waals surface area (Å²) in [6.07, 6.45) is 0. The molecule has 0 saturated carbocycles. The Labute approximate surface area is 117 Å². The number of amides is 1. The average Bonchev–Trinajstić information content (AvgIpc) is 2.47. The van der Waals surface area contributed by atoms with Gasteiger partial charge in [-0.05, 0) is 25.2 Å². The Balaban J connectivity index is 2.10. The van der Waals surface area contributed by atoms with Gasteiger partial charge in [-0.2, -0.15) is 0 Å². The summed E-state index contributed by atoms with van der Waals surface area (Å²) in [6.45, 7) is 3.67. The van der Waals surface area contributed by atoms with Crippen LogP contribution >= 0.6 is 0 Å². The molecular formula is C14H16N5O. The molecule has 0 bridgehead atoms. The molecule has 1 fully saturated rings. The van der Waals surface area contributed by atoms with Crippen LogP contribution in [0.3, 0.4) is 0 Å². The van der Waals surface area contributed by atoms with E-state index in [1.165, 1.54) is 0 Å². The molecule has 20 heavy (non-hydrogen) atoms. The normalized spacial score (nSPS) is 16.6. The van der Waals surface area contributed by atoms with E-state index in [1.54, 1.807) is 6.07 Å². The Bertz CT molecular complexity index is 649. The van der Waals surface area contributed by atoms with E-state index in [0.717, 1.165) is 42.9 Å². The molecule has 6 heteroatoms. The highest BCUT2D eigenvalue weighted by Gasteiger charge is 2.20. The fourth-order valence-corrected chi connectivity index (χ4v) is 2.37. The smallest absolute Gasteiger partial charge is 0.286 e. The highest BCUT2D eigenvalue weighted by molar-refractivity contribution is 5.95. The summed E-state index contributed by atoms with van der Waals surface area (Å²) in [5.41, 5.74) is 6.05. The van der Waals surface area contributed by atoms with Crippen molar-refractivity contribution in [3.05, 3.63) is 30.1 Å².